The first-order chi connectivity index (χ1) is 13.6. The Bertz CT molecular complexity index is 970. The predicted octanol–water partition coefficient (Wildman–Crippen LogP) is 3.76. The summed E-state index contributed by atoms with van der Waals surface area (Å²) >= 11 is 0. The number of fused-ring (bicyclic) bond motifs is 1. The second-order valence-corrected chi connectivity index (χ2v) is 7.70. The molecule has 3 heterocycles. The molecule has 28 heavy (non-hydrogen) atoms. The molecule has 0 radical (unpaired) electrons. The van der Waals surface area contributed by atoms with Gasteiger partial charge in [-0.15, -0.1) is 0 Å². The number of benzene rings is 1. The summed E-state index contributed by atoms with van der Waals surface area (Å²) in [5.74, 6) is 0.208. The van der Waals surface area contributed by atoms with Crippen LogP contribution in [-0.2, 0) is 24.2 Å². The molecule has 3 aromatic rings. The molecule has 6 heteroatoms. The third kappa shape index (κ3) is 3.23. The zero-order valence-electron chi connectivity index (χ0n) is 16.8. The molecule has 6 nitrogen and oxygen atoms in total. The minimum atomic E-state index is 0.00776. The van der Waals surface area contributed by atoms with E-state index in [0.29, 0.717) is 6.54 Å². The maximum atomic E-state index is 12.5. The molecule has 1 aliphatic heterocycles. The Morgan fingerprint density at radius 3 is 2.75 bits per heavy atom. The number of carbonyl (C=O) groups excluding carboxylic acids is 1. The average molecular weight is 377 g/mol. The fourth-order valence-corrected chi connectivity index (χ4v) is 3.91. The monoisotopic (exact) mass is 377 g/mol. The van der Waals surface area contributed by atoms with Crippen LogP contribution >= 0.6 is 0 Å². The van der Waals surface area contributed by atoms with Crippen molar-refractivity contribution in [1.29, 1.82) is 0 Å². The molecule has 1 N–H and O–H groups in total. The van der Waals surface area contributed by atoms with E-state index in [0.717, 1.165) is 59.7 Å². The number of hydrogen-bond acceptors (Lipinski definition) is 3. The lowest BCUT2D eigenvalue weighted by Crippen LogP contribution is -2.38. The van der Waals surface area contributed by atoms with E-state index in [9.17, 15) is 4.79 Å². The van der Waals surface area contributed by atoms with E-state index in [4.69, 9.17) is 0 Å². The molecule has 0 unspecified atom stereocenters. The van der Waals surface area contributed by atoms with Gasteiger partial charge in [-0.1, -0.05) is 45.4 Å². The van der Waals surface area contributed by atoms with Crippen molar-refractivity contribution >= 4 is 5.91 Å². The second kappa shape index (κ2) is 7.62. The molecular weight excluding hydrogens is 350 g/mol. The van der Waals surface area contributed by atoms with Crippen molar-refractivity contribution in [3.8, 4) is 16.9 Å². The van der Waals surface area contributed by atoms with E-state index in [1.54, 1.807) is 0 Å². The number of H-pyrrole nitrogens is 1. The van der Waals surface area contributed by atoms with Gasteiger partial charge in [0.05, 0.1) is 17.6 Å². The summed E-state index contributed by atoms with van der Waals surface area (Å²) in [6.07, 6.45) is 4.67. The predicted molar refractivity (Wildman–Crippen MR) is 109 cm³/mol. The van der Waals surface area contributed by atoms with Crippen LogP contribution in [0.5, 0.6) is 0 Å². The Labute approximate surface area is 165 Å². The lowest BCUT2D eigenvalue weighted by atomic mass is 9.99. The van der Waals surface area contributed by atoms with Crippen LogP contribution < -0.4 is 0 Å². The highest BCUT2D eigenvalue weighted by atomic mass is 16.2. The first kappa shape index (κ1) is 18.5. The van der Waals surface area contributed by atoms with Gasteiger partial charge in [0.25, 0.3) is 0 Å². The number of para-hydroxylation sites is 1. The number of aromatic amines is 1. The fourth-order valence-electron chi connectivity index (χ4n) is 3.91. The number of nitrogens with zero attached hydrogens (tertiary/aromatic N) is 4. The quantitative estimate of drug-likeness (QED) is 0.736. The van der Waals surface area contributed by atoms with Gasteiger partial charge < -0.3 is 4.90 Å². The molecule has 1 aliphatic rings. The van der Waals surface area contributed by atoms with Crippen molar-refractivity contribution in [1.82, 2.24) is 24.9 Å². The molecule has 0 spiro atoms. The van der Waals surface area contributed by atoms with Crippen LogP contribution in [0.1, 0.15) is 44.1 Å². The largest absolute Gasteiger partial charge is 0.338 e. The molecule has 146 valence electrons. The minimum absolute atomic E-state index is 0.00776. The van der Waals surface area contributed by atoms with Crippen LogP contribution in [-0.4, -0.2) is 37.3 Å². The summed E-state index contributed by atoms with van der Waals surface area (Å²) in [5.41, 5.74) is 6.47. The van der Waals surface area contributed by atoms with Gasteiger partial charge in [0.2, 0.25) is 5.91 Å². The van der Waals surface area contributed by atoms with Gasteiger partial charge in [-0.25, -0.2) is 4.68 Å². The number of aromatic nitrogens is 4. The summed E-state index contributed by atoms with van der Waals surface area (Å²) < 4.78 is 2.01. The highest BCUT2D eigenvalue weighted by Gasteiger charge is 2.28. The molecule has 1 aromatic carbocycles. The summed E-state index contributed by atoms with van der Waals surface area (Å²) in [4.78, 5) is 14.5. The summed E-state index contributed by atoms with van der Waals surface area (Å²) in [7, 11) is 0. The molecule has 1 amide bonds. The Balaban J connectivity index is 1.75. The van der Waals surface area contributed by atoms with Gasteiger partial charge in [-0.05, 0) is 18.6 Å². The van der Waals surface area contributed by atoms with Crippen molar-refractivity contribution < 1.29 is 4.79 Å². The van der Waals surface area contributed by atoms with Gasteiger partial charge in [0.1, 0.15) is 5.69 Å². The molecule has 0 bridgehead atoms. The van der Waals surface area contributed by atoms with Crippen molar-refractivity contribution in [2.45, 2.75) is 46.6 Å². The molecular formula is C22H27N5O. The van der Waals surface area contributed by atoms with Gasteiger partial charge in [-0.3, -0.25) is 9.89 Å². The van der Waals surface area contributed by atoms with E-state index >= 15 is 0 Å². The molecule has 0 atom stereocenters. The Kier molecular flexibility index (Phi) is 5.03. The molecule has 0 saturated heterocycles. The van der Waals surface area contributed by atoms with E-state index < -0.39 is 0 Å². The number of carbonyl (C=O) groups is 1. The van der Waals surface area contributed by atoms with Crippen LogP contribution in [0.4, 0.5) is 0 Å². The fraction of sp³-hybridized carbons (Fsp3) is 0.409. The van der Waals surface area contributed by atoms with Crippen LogP contribution in [0.3, 0.4) is 0 Å². The van der Waals surface area contributed by atoms with Crippen LogP contribution in [0.15, 0.2) is 36.5 Å². The maximum absolute atomic E-state index is 12.5. The highest BCUT2D eigenvalue weighted by Crippen LogP contribution is 2.32. The van der Waals surface area contributed by atoms with E-state index in [1.165, 1.54) is 0 Å². The normalized spacial score (nSPS) is 13.8. The molecule has 2 aromatic heterocycles. The molecule has 4 rings (SSSR count). The van der Waals surface area contributed by atoms with Crippen LogP contribution in [0.2, 0.25) is 0 Å². The zero-order valence-corrected chi connectivity index (χ0v) is 16.8. The van der Waals surface area contributed by atoms with Gasteiger partial charge in [0, 0.05) is 42.2 Å². The molecule has 0 fully saturated rings. The maximum Gasteiger partial charge on any atom is 0.225 e. The zero-order chi connectivity index (χ0) is 19.7. The standard InChI is InChI=1S/C22H27N5O/c1-4-8-20-17(13-23-27(20)16-9-6-5-7-10-16)21-18-14-26(22(28)15(2)3)12-11-19(18)24-25-21/h5-7,9-10,13,15H,4,8,11-12,14H2,1-3H3,(H,24,25). The van der Waals surface area contributed by atoms with Crippen molar-refractivity contribution in [2.75, 3.05) is 6.54 Å². The van der Waals surface area contributed by atoms with Gasteiger partial charge >= 0.3 is 0 Å². The lowest BCUT2D eigenvalue weighted by Gasteiger charge is -2.28. The molecule has 0 aliphatic carbocycles. The van der Waals surface area contributed by atoms with Crippen molar-refractivity contribution in [3.63, 3.8) is 0 Å². The number of amides is 1. The Morgan fingerprint density at radius 1 is 1.25 bits per heavy atom. The molecule has 0 saturated carbocycles. The topological polar surface area (TPSA) is 66.8 Å². The van der Waals surface area contributed by atoms with Crippen LogP contribution in [0, 0.1) is 5.92 Å². The first-order valence-corrected chi connectivity index (χ1v) is 10.1. The van der Waals surface area contributed by atoms with E-state index in [2.05, 4.69) is 34.4 Å². The summed E-state index contributed by atoms with van der Waals surface area (Å²) in [5, 5.41) is 12.5. The van der Waals surface area contributed by atoms with E-state index in [1.807, 2.05) is 47.8 Å². The summed E-state index contributed by atoms with van der Waals surface area (Å²) in [6, 6.07) is 10.2. The first-order valence-electron chi connectivity index (χ1n) is 10.1. The van der Waals surface area contributed by atoms with Crippen molar-refractivity contribution in [3.05, 3.63) is 53.5 Å². The lowest BCUT2D eigenvalue weighted by molar-refractivity contribution is -0.135. The van der Waals surface area contributed by atoms with E-state index in [-0.39, 0.29) is 11.8 Å². The number of nitrogens with one attached hydrogen (secondary N) is 1. The second-order valence-electron chi connectivity index (χ2n) is 7.70. The number of hydrogen-bond donors (Lipinski definition) is 1. The minimum Gasteiger partial charge on any atom is -0.338 e. The average Bonchev–Trinajstić information content (AvgIpc) is 3.31. The Morgan fingerprint density at radius 2 is 2.04 bits per heavy atom. The van der Waals surface area contributed by atoms with Gasteiger partial charge in [-0.2, -0.15) is 10.2 Å². The van der Waals surface area contributed by atoms with Crippen LogP contribution in [0.25, 0.3) is 16.9 Å². The SMILES string of the molecule is CCCc1c(-c2n[nH]c3c2CN(C(=O)C(C)C)CC3)cnn1-c1ccccc1. The third-order valence-corrected chi connectivity index (χ3v) is 5.35. The van der Waals surface area contributed by atoms with Gasteiger partial charge in [0.15, 0.2) is 0 Å². The highest BCUT2D eigenvalue weighted by molar-refractivity contribution is 5.79. The third-order valence-electron chi connectivity index (χ3n) is 5.35. The number of rotatable bonds is 5. The summed E-state index contributed by atoms with van der Waals surface area (Å²) in [6.45, 7) is 7.45. The Hall–Kier alpha value is -2.89. The van der Waals surface area contributed by atoms with Crippen molar-refractivity contribution in [2.24, 2.45) is 5.92 Å². The smallest absolute Gasteiger partial charge is 0.225 e.